The van der Waals surface area contributed by atoms with Crippen molar-refractivity contribution in [1.82, 2.24) is 0 Å². The lowest BCUT2D eigenvalue weighted by Gasteiger charge is -2.19. The molecule has 2 amide bonds. The first-order valence-corrected chi connectivity index (χ1v) is 9.75. The van der Waals surface area contributed by atoms with Gasteiger partial charge in [0.25, 0.3) is 5.91 Å². The topological polar surface area (TPSA) is 61.4 Å². The molecule has 0 aliphatic carbocycles. The van der Waals surface area contributed by atoms with Gasteiger partial charge in [-0.2, -0.15) is 0 Å². The number of hydrogen-bond acceptors (Lipinski definition) is 3. The number of rotatable bonds is 5. The SMILES string of the molecule is Cc1cc(NC(=O)c2ccccc2Nc2ccccc2)ccc1N1CCCC1=O. The van der Waals surface area contributed by atoms with Gasteiger partial charge in [0.05, 0.1) is 11.3 Å². The van der Waals surface area contributed by atoms with Gasteiger partial charge in [-0.05, 0) is 61.4 Å². The van der Waals surface area contributed by atoms with E-state index in [4.69, 9.17) is 0 Å². The zero-order valence-electron chi connectivity index (χ0n) is 16.3. The maximum atomic E-state index is 12.9. The molecule has 0 spiro atoms. The van der Waals surface area contributed by atoms with E-state index >= 15 is 0 Å². The minimum atomic E-state index is -0.187. The highest BCUT2D eigenvalue weighted by atomic mass is 16.2. The number of nitrogens with zero attached hydrogens (tertiary/aromatic N) is 1. The van der Waals surface area contributed by atoms with Crippen molar-refractivity contribution in [2.24, 2.45) is 0 Å². The van der Waals surface area contributed by atoms with E-state index in [0.29, 0.717) is 17.7 Å². The molecule has 1 aliphatic heterocycles. The maximum absolute atomic E-state index is 12.9. The van der Waals surface area contributed by atoms with Gasteiger partial charge in [0.2, 0.25) is 5.91 Å². The third kappa shape index (κ3) is 4.14. The predicted molar refractivity (Wildman–Crippen MR) is 117 cm³/mol. The van der Waals surface area contributed by atoms with Crippen LogP contribution in [-0.4, -0.2) is 18.4 Å². The minimum absolute atomic E-state index is 0.158. The molecule has 1 heterocycles. The Morgan fingerprint density at radius 3 is 2.41 bits per heavy atom. The van der Waals surface area contributed by atoms with E-state index in [-0.39, 0.29) is 11.8 Å². The van der Waals surface area contributed by atoms with Crippen molar-refractivity contribution in [1.29, 1.82) is 0 Å². The highest BCUT2D eigenvalue weighted by Gasteiger charge is 2.23. The molecule has 146 valence electrons. The van der Waals surface area contributed by atoms with E-state index in [9.17, 15) is 9.59 Å². The van der Waals surface area contributed by atoms with Gasteiger partial charge >= 0.3 is 0 Å². The van der Waals surface area contributed by atoms with Gasteiger partial charge in [-0.1, -0.05) is 30.3 Å². The van der Waals surface area contributed by atoms with E-state index in [1.165, 1.54) is 0 Å². The van der Waals surface area contributed by atoms with Crippen LogP contribution in [0.1, 0.15) is 28.8 Å². The molecular formula is C24H23N3O2. The summed E-state index contributed by atoms with van der Waals surface area (Å²) in [6.45, 7) is 2.71. The van der Waals surface area contributed by atoms with E-state index in [0.717, 1.165) is 35.6 Å². The van der Waals surface area contributed by atoms with Gasteiger partial charge in [-0.3, -0.25) is 9.59 Å². The fourth-order valence-corrected chi connectivity index (χ4v) is 3.60. The lowest BCUT2D eigenvalue weighted by molar-refractivity contribution is -0.117. The second-order valence-corrected chi connectivity index (χ2v) is 7.14. The molecule has 3 aromatic rings. The Balaban J connectivity index is 1.53. The lowest BCUT2D eigenvalue weighted by atomic mass is 10.1. The number of hydrogen-bond donors (Lipinski definition) is 2. The maximum Gasteiger partial charge on any atom is 0.257 e. The van der Waals surface area contributed by atoms with Crippen molar-refractivity contribution < 1.29 is 9.59 Å². The molecule has 2 N–H and O–H groups in total. The molecule has 0 atom stereocenters. The Kier molecular flexibility index (Phi) is 5.29. The number of nitrogens with one attached hydrogen (secondary N) is 2. The molecule has 0 bridgehead atoms. The summed E-state index contributed by atoms with van der Waals surface area (Å²) in [6, 6.07) is 22.8. The monoisotopic (exact) mass is 385 g/mol. The largest absolute Gasteiger partial charge is 0.355 e. The molecule has 1 aliphatic rings. The Hall–Kier alpha value is -3.60. The Morgan fingerprint density at radius 2 is 1.69 bits per heavy atom. The summed E-state index contributed by atoms with van der Waals surface area (Å²) in [5.41, 5.74) is 4.81. The number of benzene rings is 3. The molecule has 0 radical (unpaired) electrons. The third-order valence-corrected chi connectivity index (χ3v) is 5.04. The molecular weight excluding hydrogens is 362 g/mol. The van der Waals surface area contributed by atoms with Gasteiger partial charge in [-0.25, -0.2) is 0 Å². The first-order chi connectivity index (χ1) is 14.1. The fraction of sp³-hybridized carbons (Fsp3) is 0.167. The second kappa shape index (κ2) is 8.19. The number of para-hydroxylation sites is 2. The van der Waals surface area contributed by atoms with Gasteiger partial charge in [0.15, 0.2) is 0 Å². The summed E-state index contributed by atoms with van der Waals surface area (Å²) in [4.78, 5) is 26.7. The number of amides is 2. The highest BCUT2D eigenvalue weighted by Crippen LogP contribution is 2.28. The van der Waals surface area contributed by atoms with Crippen molar-refractivity contribution in [3.63, 3.8) is 0 Å². The first-order valence-electron chi connectivity index (χ1n) is 9.75. The van der Waals surface area contributed by atoms with Gasteiger partial charge in [-0.15, -0.1) is 0 Å². The third-order valence-electron chi connectivity index (χ3n) is 5.04. The Bertz CT molecular complexity index is 1050. The van der Waals surface area contributed by atoms with E-state index in [1.54, 1.807) is 6.07 Å². The normalized spacial score (nSPS) is 13.4. The van der Waals surface area contributed by atoms with Gasteiger partial charge in [0.1, 0.15) is 0 Å². The summed E-state index contributed by atoms with van der Waals surface area (Å²) in [5, 5.41) is 6.27. The summed E-state index contributed by atoms with van der Waals surface area (Å²) < 4.78 is 0. The number of carbonyl (C=O) groups is 2. The molecule has 0 saturated carbocycles. The van der Waals surface area contributed by atoms with Crippen LogP contribution in [0.2, 0.25) is 0 Å². The molecule has 4 rings (SSSR count). The smallest absolute Gasteiger partial charge is 0.257 e. The summed E-state index contributed by atoms with van der Waals surface area (Å²) in [6.07, 6.45) is 1.49. The van der Waals surface area contributed by atoms with Crippen LogP contribution < -0.4 is 15.5 Å². The summed E-state index contributed by atoms with van der Waals surface area (Å²) in [5.74, 6) is -0.0285. The number of carbonyl (C=O) groups excluding carboxylic acids is 2. The summed E-state index contributed by atoms with van der Waals surface area (Å²) >= 11 is 0. The summed E-state index contributed by atoms with van der Waals surface area (Å²) in [7, 11) is 0. The Morgan fingerprint density at radius 1 is 0.931 bits per heavy atom. The zero-order chi connectivity index (χ0) is 20.2. The molecule has 3 aromatic carbocycles. The average molecular weight is 385 g/mol. The molecule has 29 heavy (non-hydrogen) atoms. The van der Waals surface area contributed by atoms with Crippen LogP contribution in [0.5, 0.6) is 0 Å². The quantitative estimate of drug-likeness (QED) is 0.641. The van der Waals surface area contributed by atoms with Crippen LogP contribution in [0, 0.1) is 6.92 Å². The van der Waals surface area contributed by atoms with Crippen LogP contribution in [0.15, 0.2) is 72.8 Å². The molecule has 0 aromatic heterocycles. The van der Waals surface area contributed by atoms with Crippen LogP contribution in [-0.2, 0) is 4.79 Å². The van der Waals surface area contributed by atoms with Crippen molar-refractivity contribution in [2.75, 3.05) is 22.1 Å². The van der Waals surface area contributed by atoms with Crippen LogP contribution in [0.4, 0.5) is 22.7 Å². The molecule has 1 fully saturated rings. The van der Waals surface area contributed by atoms with Crippen LogP contribution in [0.3, 0.4) is 0 Å². The number of anilines is 4. The van der Waals surface area contributed by atoms with Crippen LogP contribution >= 0.6 is 0 Å². The Labute approximate surface area is 170 Å². The average Bonchev–Trinajstić information content (AvgIpc) is 3.15. The van der Waals surface area contributed by atoms with E-state index in [1.807, 2.05) is 78.6 Å². The highest BCUT2D eigenvalue weighted by molar-refractivity contribution is 6.08. The van der Waals surface area contributed by atoms with E-state index < -0.39 is 0 Å². The van der Waals surface area contributed by atoms with Crippen molar-refractivity contribution in [3.05, 3.63) is 83.9 Å². The van der Waals surface area contributed by atoms with Crippen molar-refractivity contribution in [2.45, 2.75) is 19.8 Å². The van der Waals surface area contributed by atoms with E-state index in [2.05, 4.69) is 10.6 Å². The molecule has 1 saturated heterocycles. The predicted octanol–water partition coefficient (Wildman–Crippen LogP) is 5.12. The van der Waals surface area contributed by atoms with Gasteiger partial charge in [0, 0.05) is 30.0 Å². The zero-order valence-corrected chi connectivity index (χ0v) is 16.3. The number of aryl methyl sites for hydroxylation is 1. The second-order valence-electron chi connectivity index (χ2n) is 7.14. The van der Waals surface area contributed by atoms with Crippen molar-refractivity contribution in [3.8, 4) is 0 Å². The van der Waals surface area contributed by atoms with Crippen molar-refractivity contribution >= 4 is 34.6 Å². The van der Waals surface area contributed by atoms with Crippen LogP contribution in [0.25, 0.3) is 0 Å². The molecule has 5 nitrogen and oxygen atoms in total. The first kappa shape index (κ1) is 18.7. The lowest BCUT2D eigenvalue weighted by Crippen LogP contribution is -2.24. The standard InChI is InChI=1S/C24H23N3O2/c1-17-16-19(13-14-22(17)27-15-7-12-23(27)28)26-24(29)20-10-5-6-11-21(20)25-18-8-3-2-4-9-18/h2-6,8-11,13-14,16,25H,7,12,15H2,1H3,(H,26,29). The minimum Gasteiger partial charge on any atom is -0.355 e. The molecule has 5 heteroatoms. The van der Waals surface area contributed by atoms with Gasteiger partial charge < -0.3 is 15.5 Å². The molecule has 0 unspecified atom stereocenters. The fourth-order valence-electron chi connectivity index (χ4n) is 3.60.